The molecule has 32 valence electrons. The van der Waals surface area contributed by atoms with E-state index in [4.69, 9.17) is 0 Å². The highest BCUT2D eigenvalue weighted by Crippen LogP contribution is 2.09. The van der Waals surface area contributed by atoms with E-state index in [1.54, 1.807) is 13.1 Å². The minimum Gasteiger partial charge on any atom is -0.300 e. The molecule has 0 saturated heterocycles. The molecule has 0 aromatic heterocycles. The summed E-state index contributed by atoms with van der Waals surface area (Å²) in [6.45, 7) is 3.15. The van der Waals surface area contributed by atoms with E-state index in [1.807, 2.05) is 0 Å². The van der Waals surface area contributed by atoms with E-state index in [-0.39, 0.29) is 0 Å². The van der Waals surface area contributed by atoms with Gasteiger partial charge in [0.2, 0.25) is 0 Å². The van der Waals surface area contributed by atoms with Crippen molar-refractivity contribution in [3.63, 3.8) is 0 Å². The molecule has 5 heavy (non-hydrogen) atoms. The quantitative estimate of drug-likeness (QED) is 0.373. The Morgan fingerprint density at radius 1 is 1.60 bits per heavy atom. The second-order valence-corrected chi connectivity index (χ2v) is 9.64. The average Bonchev–Trinajstić information content (AvgIpc) is 0.722. The lowest BCUT2D eigenvalue weighted by atomic mass is 11.9. The molecule has 0 aliphatic rings. The van der Waals surface area contributed by atoms with Gasteiger partial charge in [0.25, 0.3) is 0 Å². The second-order valence-electron chi connectivity index (χ2n) is 1.33. The number of rotatable bonds is 0. The van der Waals surface area contributed by atoms with Gasteiger partial charge in [0, 0.05) is 0 Å². The fraction of sp³-hybridized carbons (Fsp3) is 1.00. The molecule has 0 saturated carbocycles. The summed E-state index contributed by atoms with van der Waals surface area (Å²) in [5.74, 6) is 0. The Morgan fingerprint density at radius 2 is 1.60 bits per heavy atom. The molecular formula is C2H6BrFSi. The molecule has 3 heteroatoms. The van der Waals surface area contributed by atoms with Gasteiger partial charge in [-0.1, -0.05) is 15.3 Å². The van der Waals surface area contributed by atoms with E-state index in [1.165, 1.54) is 0 Å². The van der Waals surface area contributed by atoms with Crippen LogP contribution in [0.5, 0.6) is 0 Å². The van der Waals surface area contributed by atoms with Crippen molar-refractivity contribution in [2.45, 2.75) is 13.1 Å². The molecule has 0 aliphatic carbocycles. The van der Waals surface area contributed by atoms with Crippen molar-refractivity contribution < 1.29 is 4.11 Å². The normalized spacial score (nSPS) is 12.0. The van der Waals surface area contributed by atoms with Gasteiger partial charge in [-0.05, 0) is 13.1 Å². The lowest BCUT2D eigenvalue weighted by molar-refractivity contribution is 0.839. The Morgan fingerprint density at radius 3 is 1.60 bits per heavy atom. The van der Waals surface area contributed by atoms with Crippen LogP contribution < -0.4 is 0 Å². The van der Waals surface area contributed by atoms with Crippen LogP contribution in [-0.4, -0.2) is 7.03 Å². The molecule has 0 spiro atoms. The molecule has 0 nitrogen and oxygen atoms in total. The maximum atomic E-state index is 11.7. The third kappa shape index (κ3) is 81.2. The van der Waals surface area contributed by atoms with Crippen LogP contribution in [0.3, 0.4) is 0 Å². The van der Waals surface area contributed by atoms with E-state index in [2.05, 4.69) is 15.3 Å². The lowest BCUT2D eigenvalue weighted by Gasteiger charge is -1.92. The highest BCUT2D eigenvalue weighted by molar-refractivity contribution is 9.25. The van der Waals surface area contributed by atoms with E-state index < -0.39 is 7.03 Å². The predicted molar refractivity (Wildman–Crippen MR) is 27.5 cm³/mol. The zero-order valence-electron chi connectivity index (χ0n) is 3.26. The lowest BCUT2D eigenvalue weighted by Crippen LogP contribution is -2.03. The van der Waals surface area contributed by atoms with Gasteiger partial charge in [-0.15, -0.1) is 0 Å². The molecule has 0 aromatic carbocycles. The first-order valence-corrected chi connectivity index (χ1v) is 6.51. The Bertz CT molecular complexity index is 25.1. The van der Waals surface area contributed by atoms with Crippen molar-refractivity contribution in [2.75, 3.05) is 0 Å². The van der Waals surface area contributed by atoms with Gasteiger partial charge in [-0.25, -0.2) is 0 Å². The summed E-state index contributed by atoms with van der Waals surface area (Å²) in [5, 5.41) is 0. The first-order chi connectivity index (χ1) is 2.00. The fourth-order valence-electron chi connectivity index (χ4n) is 0. The van der Waals surface area contributed by atoms with Gasteiger partial charge >= 0.3 is 7.03 Å². The van der Waals surface area contributed by atoms with Crippen LogP contribution in [0, 0.1) is 0 Å². The fourth-order valence-corrected chi connectivity index (χ4v) is 0. The first kappa shape index (κ1) is 5.63. The molecule has 0 heterocycles. The van der Waals surface area contributed by atoms with Crippen molar-refractivity contribution in [1.29, 1.82) is 0 Å². The zero-order valence-corrected chi connectivity index (χ0v) is 5.84. The van der Waals surface area contributed by atoms with Gasteiger partial charge in [0.05, 0.1) is 0 Å². The van der Waals surface area contributed by atoms with E-state index in [9.17, 15) is 4.11 Å². The summed E-state index contributed by atoms with van der Waals surface area (Å²) >= 11 is 2.85. The van der Waals surface area contributed by atoms with Crippen molar-refractivity contribution in [3.8, 4) is 0 Å². The highest BCUT2D eigenvalue weighted by atomic mass is 79.9. The minimum atomic E-state index is -2.30. The summed E-state index contributed by atoms with van der Waals surface area (Å²) in [5.41, 5.74) is 0. The Labute approximate surface area is 40.1 Å². The third-order valence-electron chi connectivity index (χ3n) is 0. The molecule has 0 N–H and O–H groups in total. The molecular weight excluding hydrogens is 151 g/mol. The van der Waals surface area contributed by atoms with Crippen molar-refractivity contribution in [2.24, 2.45) is 0 Å². The highest BCUT2D eigenvalue weighted by Gasteiger charge is 2.11. The molecule has 0 bridgehead atoms. The van der Waals surface area contributed by atoms with Crippen molar-refractivity contribution in [1.82, 2.24) is 0 Å². The van der Waals surface area contributed by atoms with Gasteiger partial charge < -0.3 is 0 Å². The third-order valence-corrected chi connectivity index (χ3v) is 0. The second kappa shape index (κ2) is 1.39. The van der Waals surface area contributed by atoms with Crippen LogP contribution in [0.2, 0.25) is 13.1 Å². The van der Waals surface area contributed by atoms with Crippen molar-refractivity contribution in [3.05, 3.63) is 0 Å². The van der Waals surface area contributed by atoms with Crippen LogP contribution in [0.15, 0.2) is 0 Å². The Kier molecular flexibility index (Phi) is 1.56. The topological polar surface area (TPSA) is 0 Å². The van der Waals surface area contributed by atoms with Gasteiger partial charge in [-0.2, -0.15) is 0 Å². The molecule has 0 aliphatic heterocycles. The Hall–Kier alpha value is 0.627. The van der Waals surface area contributed by atoms with Crippen LogP contribution >= 0.6 is 15.3 Å². The monoisotopic (exact) mass is 156 g/mol. The first-order valence-electron chi connectivity index (χ1n) is 1.38. The van der Waals surface area contributed by atoms with E-state index in [0.29, 0.717) is 0 Å². The van der Waals surface area contributed by atoms with Gasteiger partial charge in [-0.3, -0.25) is 4.11 Å². The molecule has 0 radical (unpaired) electrons. The maximum absolute atomic E-state index is 11.7. The molecule has 0 amide bonds. The molecule has 0 unspecified atom stereocenters. The summed E-state index contributed by atoms with van der Waals surface area (Å²) in [7, 11) is -2.30. The van der Waals surface area contributed by atoms with E-state index in [0.717, 1.165) is 0 Å². The number of hydrogen-bond donors (Lipinski definition) is 0. The van der Waals surface area contributed by atoms with Crippen LogP contribution in [0.1, 0.15) is 0 Å². The zero-order chi connectivity index (χ0) is 4.50. The maximum Gasteiger partial charge on any atom is 0.309 e. The standard InChI is InChI=1S/C2H6BrFSi/c1-5(2,3)4/h1-2H3. The summed E-state index contributed by atoms with van der Waals surface area (Å²) < 4.78 is 11.7. The summed E-state index contributed by atoms with van der Waals surface area (Å²) in [4.78, 5) is 0. The summed E-state index contributed by atoms with van der Waals surface area (Å²) in [6, 6.07) is 0. The average molecular weight is 157 g/mol. The van der Waals surface area contributed by atoms with Crippen molar-refractivity contribution >= 4 is 22.3 Å². The minimum absolute atomic E-state index is 1.58. The van der Waals surface area contributed by atoms with Crippen LogP contribution in [-0.2, 0) is 0 Å². The van der Waals surface area contributed by atoms with Gasteiger partial charge in [0.1, 0.15) is 0 Å². The van der Waals surface area contributed by atoms with Crippen LogP contribution in [0.25, 0.3) is 0 Å². The molecule has 0 atom stereocenters. The van der Waals surface area contributed by atoms with Gasteiger partial charge in [0.15, 0.2) is 0 Å². The molecule has 0 rings (SSSR count). The summed E-state index contributed by atoms with van der Waals surface area (Å²) in [6.07, 6.45) is 0. The SMILES string of the molecule is C[Si](C)(F)Br. The largest absolute Gasteiger partial charge is 0.309 e. The Balaban J connectivity index is 3.02. The molecule has 0 aromatic rings. The molecule has 0 fully saturated rings. The number of halogens is 2. The predicted octanol–water partition coefficient (Wildman–Crippen LogP) is 2.05. The smallest absolute Gasteiger partial charge is 0.300 e. The van der Waals surface area contributed by atoms with Crippen LogP contribution in [0.4, 0.5) is 4.11 Å². The number of hydrogen-bond acceptors (Lipinski definition) is 0. The van der Waals surface area contributed by atoms with E-state index >= 15 is 0 Å².